The van der Waals surface area contributed by atoms with Crippen molar-refractivity contribution in [2.45, 2.75) is 16.0 Å². The Bertz CT molecular complexity index is 1300. The third kappa shape index (κ3) is 7.02. The Morgan fingerprint density at radius 3 is 2.00 bits per heavy atom. The predicted molar refractivity (Wildman–Crippen MR) is 121 cm³/mol. The molecular formula is C21H17F4N3O4S2. The molecule has 3 aromatic carbocycles. The highest BCUT2D eigenvalue weighted by Gasteiger charge is 2.29. The molecule has 0 aliphatic rings. The Balaban J connectivity index is 1.63. The van der Waals surface area contributed by atoms with E-state index in [0.717, 1.165) is 24.5 Å². The van der Waals surface area contributed by atoms with Crippen LogP contribution in [0.25, 0.3) is 0 Å². The van der Waals surface area contributed by atoms with Crippen LogP contribution in [0.5, 0.6) is 5.75 Å². The lowest BCUT2D eigenvalue weighted by atomic mass is 10.2. The van der Waals surface area contributed by atoms with Gasteiger partial charge in [-0.2, -0.15) is 13.2 Å². The van der Waals surface area contributed by atoms with Crippen molar-refractivity contribution in [3.8, 4) is 5.75 Å². The van der Waals surface area contributed by atoms with Gasteiger partial charge in [-0.15, -0.1) is 0 Å². The van der Waals surface area contributed by atoms with Crippen molar-refractivity contribution in [2.75, 3.05) is 21.6 Å². The van der Waals surface area contributed by atoms with Crippen molar-refractivity contribution >= 4 is 44.9 Å². The average Bonchev–Trinajstić information content (AvgIpc) is 2.72. The molecule has 3 rings (SSSR count). The minimum atomic E-state index is -4.41. The molecule has 0 radical (unpaired) electrons. The number of phenols is 1. The van der Waals surface area contributed by atoms with E-state index in [2.05, 4.69) is 10.6 Å². The molecule has 34 heavy (non-hydrogen) atoms. The van der Waals surface area contributed by atoms with Crippen molar-refractivity contribution in [3.63, 3.8) is 0 Å². The Morgan fingerprint density at radius 2 is 1.47 bits per heavy atom. The first-order valence-corrected chi connectivity index (χ1v) is 12.0. The molecular weight excluding hydrogens is 498 g/mol. The van der Waals surface area contributed by atoms with Crippen LogP contribution >= 0.6 is 11.8 Å². The minimum absolute atomic E-state index is 0.316. The van der Waals surface area contributed by atoms with Crippen LogP contribution in [-0.4, -0.2) is 25.8 Å². The summed E-state index contributed by atoms with van der Waals surface area (Å²) in [4.78, 5) is 13.5. The Kier molecular flexibility index (Phi) is 7.26. The molecule has 0 aliphatic heterocycles. The second-order valence-electron chi connectivity index (χ2n) is 6.95. The molecule has 0 atom stereocenters. The Morgan fingerprint density at radius 1 is 0.912 bits per heavy atom. The highest BCUT2D eigenvalue weighted by atomic mass is 32.2. The van der Waals surface area contributed by atoms with Gasteiger partial charge in [-0.05, 0) is 54.6 Å². The summed E-state index contributed by atoms with van der Waals surface area (Å²) in [6.45, 7) is 0. The number of amides is 2. The topological polar surface area (TPSA) is 108 Å². The maximum Gasteiger partial charge on any atom is 0.416 e. The van der Waals surface area contributed by atoms with E-state index in [1.165, 1.54) is 36.0 Å². The first-order chi connectivity index (χ1) is 15.8. The van der Waals surface area contributed by atoms with Crippen molar-refractivity contribution in [1.82, 2.24) is 0 Å². The smallest absolute Gasteiger partial charge is 0.416 e. The lowest BCUT2D eigenvalue weighted by molar-refractivity contribution is -0.137. The van der Waals surface area contributed by atoms with Gasteiger partial charge in [0.25, 0.3) is 0 Å². The van der Waals surface area contributed by atoms with Crippen LogP contribution in [-0.2, 0) is 16.2 Å². The van der Waals surface area contributed by atoms with Crippen LogP contribution in [0, 0.1) is 5.82 Å². The van der Waals surface area contributed by atoms with Gasteiger partial charge in [0.15, 0.2) is 5.82 Å². The van der Waals surface area contributed by atoms with Gasteiger partial charge >= 0.3 is 12.2 Å². The summed E-state index contributed by atoms with van der Waals surface area (Å²) in [5, 5.41) is 14.4. The van der Waals surface area contributed by atoms with E-state index in [1.54, 1.807) is 12.1 Å². The zero-order valence-corrected chi connectivity index (χ0v) is 18.9. The zero-order valence-electron chi connectivity index (χ0n) is 17.3. The second-order valence-corrected chi connectivity index (χ2v) is 9.85. The highest BCUT2D eigenvalue weighted by molar-refractivity contribution is 7.99. The number of rotatable bonds is 6. The number of carbonyl (C=O) groups is 1. The molecule has 0 spiro atoms. The van der Waals surface area contributed by atoms with Crippen LogP contribution < -0.4 is 15.4 Å². The van der Waals surface area contributed by atoms with Crippen molar-refractivity contribution < 1.29 is 35.9 Å². The lowest BCUT2D eigenvalue weighted by Crippen LogP contribution is -2.20. The van der Waals surface area contributed by atoms with E-state index in [1.807, 2.05) is 4.72 Å². The molecule has 0 saturated carbocycles. The number of benzene rings is 3. The van der Waals surface area contributed by atoms with E-state index in [4.69, 9.17) is 0 Å². The van der Waals surface area contributed by atoms with Gasteiger partial charge in [-0.3, -0.25) is 4.72 Å². The van der Waals surface area contributed by atoms with E-state index in [-0.39, 0.29) is 11.4 Å². The van der Waals surface area contributed by atoms with E-state index in [0.29, 0.717) is 21.5 Å². The van der Waals surface area contributed by atoms with Crippen molar-refractivity contribution in [1.29, 1.82) is 0 Å². The summed E-state index contributed by atoms with van der Waals surface area (Å²) in [6, 6.07) is 11.8. The van der Waals surface area contributed by atoms with Crippen molar-refractivity contribution in [3.05, 3.63) is 72.0 Å². The number of alkyl halides is 3. The fourth-order valence-corrected chi connectivity index (χ4v) is 4.06. The molecule has 0 unspecified atom stereocenters. The van der Waals surface area contributed by atoms with Gasteiger partial charge in [0.2, 0.25) is 10.0 Å². The third-order valence-electron chi connectivity index (χ3n) is 4.16. The van der Waals surface area contributed by atoms with Crippen molar-refractivity contribution in [2.24, 2.45) is 0 Å². The van der Waals surface area contributed by atoms with E-state index in [9.17, 15) is 35.9 Å². The summed E-state index contributed by atoms with van der Waals surface area (Å²) in [6.07, 6.45) is -3.57. The SMILES string of the molecule is CS(=O)(=O)Nc1cc(NC(=O)Nc2ccc(Sc3ccc(C(F)(F)F)cc3)cc2)c(F)cc1O. The van der Waals surface area contributed by atoms with E-state index >= 15 is 0 Å². The average molecular weight is 516 g/mol. The molecule has 0 heterocycles. The number of halogens is 4. The summed E-state index contributed by atoms with van der Waals surface area (Å²) in [5.41, 5.74) is -1.10. The minimum Gasteiger partial charge on any atom is -0.506 e. The molecule has 3 aromatic rings. The predicted octanol–water partition coefficient (Wildman–Crippen LogP) is 5.72. The highest BCUT2D eigenvalue weighted by Crippen LogP contribution is 2.34. The van der Waals surface area contributed by atoms with Crippen LogP contribution in [0.3, 0.4) is 0 Å². The monoisotopic (exact) mass is 515 g/mol. The molecule has 0 bridgehead atoms. The molecule has 0 aliphatic carbocycles. The van der Waals surface area contributed by atoms with Gasteiger partial charge in [-0.25, -0.2) is 17.6 Å². The van der Waals surface area contributed by atoms with Gasteiger partial charge in [0, 0.05) is 21.5 Å². The second kappa shape index (κ2) is 9.81. The fraction of sp³-hybridized carbons (Fsp3) is 0.0952. The van der Waals surface area contributed by atoms with Crippen LogP contribution in [0.2, 0.25) is 0 Å². The third-order valence-corrected chi connectivity index (χ3v) is 5.76. The van der Waals surface area contributed by atoms with Crippen LogP contribution in [0.15, 0.2) is 70.5 Å². The first-order valence-electron chi connectivity index (χ1n) is 9.34. The molecule has 0 aromatic heterocycles. The van der Waals surface area contributed by atoms with E-state index < -0.39 is 39.4 Å². The number of carbonyl (C=O) groups excluding carboxylic acids is 1. The van der Waals surface area contributed by atoms with Gasteiger partial charge in [0.05, 0.1) is 23.2 Å². The summed E-state index contributed by atoms with van der Waals surface area (Å²) in [7, 11) is -3.75. The van der Waals surface area contributed by atoms with Gasteiger partial charge in [0.1, 0.15) is 5.75 Å². The molecule has 13 heteroatoms. The molecule has 0 fully saturated rings. The van der Waals surface area contributed by atoms with Crippen LogP contribution in [0.4, 0.5) is 39.4 Å². The number of nitrogens with one attached hydrogen (secondary N) is 3. The quantitative estimate of drug-likeness (QED) is 0.191. The number of sulfonamides is 1. The normalized spacial score (nSPS) is 11.7. The Hall–Kier alpha value is -3.45. The summed E-state index contributed by atoms with van der Waals surface area (Å²) < 4.78 is 76.7. The maximum atomic E-state index is 14.1. The number of aromatic hydroxyl groups is 1. The maximum absolute atomic E-state index is 14.1. The number of anilines is 3. The molecule has 0 saturated heterocycles. The summed E-state index contributed by atoms with van der Waals surface area (Å²) in [5.74, 6) is -1.65. The fourth-order valence-electron chi connectivity index (χ4n) is 2.68. The Labute approximate surface area is 196 Å². The largest absolute Gasteiger partial charge is 0.506 e. The number of hydrogen-bond acceptors (Lipinski definition) is 5. The van der Waals surface area contributed by atoms with Gasteiger partial charge in [-0.1, -0.05) is 11.8 Å². The molecule has 180 valence electrons. The standard InChI is InChI=1S/C21H17F4N3O4S2/c1-34(31,32)28-18-11-17(16(22)10-19(18)29)27-20(30)26-13-4-8-15(9-5-13)33-14-6-2-12(3-7-14)21(23,24)25/h2-11,28-29H,1H3,(H2,26,27,30). The summed E-state index contributed by atoms with van der Waals surface area (Å²) >= 11 is 1.22. The van der Waals surface area contributed by atoms with Crippen LogP contribution in [0.1, 0.15) is 5.56 Å². The lowest BCUT2D eigenvalue weighted by Gasteiger charge is -2.12. The number of urea groups is 1. The number of hydrogen-bond donors (Lipinski definition) is 4. The van der Waals surface area contributed by atoms with Gasteiger partial charge < -0.3 is 15.7 Å². The molecule has 7 nitrogen and oxygen atoms in total. The molecule has 4 N–H and O–H groups in total. The zero-order chi connectivity index (χ0) is 25.1. The first kappa shape index (κ1) is 25.2. The molecule has 2 amide bonds. The number of phenolic OH excluding ortho intramolecular Hbond substituents is 1.